The molecular formula is C12H11ClN2S. The molecule has 0 radical (unpaired) electrons. The molecule has 16 heavy (non-hydrogen) atoms. The molecule has 0 saturated carbocycles. The smallest absolute Gasteiger partial charge is 0.125 e. The van der Waals surface area contributed by atoms with Crippen LogP contribution in [-0.2, 0) is 13.0 Å². The first-order valence-electron chi connectivity index (χ1n) is 5.29. The van der Waals surface area contributed by atoms with Gasteiger partial charge in [0.25, 0.3) is 0 Å². The van der Waals surface area contributed by atoms with Crippen molar-refractivity contribution in [3.8, 4) is 10.6 Å². The summed E-state index contributed by atoms with van der Waals surface area (Å²) in [5.41, 5.74) is 2.23. The fourth-order valence-electron chi connectivity index (χ4n) is 1.88. The van der Waals surface area contributed by atoms with Crippen LogP contribution < -0.4 is 5.32 Å². The molecule has 1 N–H and O–H groups in total. The molecule has 0 fully saturated rings. The van der Waals surface area contributed by atoms with Crippen LogP contribution >= 0.6 is 22.9 Å². The van der Waals surface area contributed by atoms with E-state index in [0.717, 1.165) is 35.1 Å². The number of fused-ring (bicyclic) bond motifs is 1. The van der Waals surface area contributed by atoms with Crippen molar-refractivity contribution in [3.63, 3.8) is 0 Å². The maximum Gasteiger partial charge on any atom is 0.125 e. The maximum absolute atomic E-state index is 6.17. The lowest BCUT2D eigenvalue weighted by Gasteiger charge is -2.09. The Morgan fingerprint density at radius 2 is 2.19 bits per heavy atom. The van der Waals surface area contributed by atoms with E-state index < -0.39 is 0 Å². The molecule has 1 aromatic carbocycles. The fourth-order valence-corrected chi connectivity index (χ4v) is 3.27. The lowest BCUT2D eigenvalue weighted by atomic mass is 10.2. The van der Waals surface area contributed by atoms with Gasteiger partial charge in [-0.2, -0.15) is 0 Å². The summed E-state index contributed by atoms with van der Waals surface area (Å²) >= 11 is 7.94. The van der Waals surface area contributed by atoms with Crippen LogP contribution in [0.1, 0.15) is 10.6 Å². The summed E-state index contributed by atoms with van der Waals surface area (Å²) in [5, 5.41) is 5.15. The molecule has 0 bridgehead atoms. The third kappa shape index (κ3) is 1.75. The van der Waals surface area contributed by atoms with Crippen LogP contribution in [0.5, 0.6) is 0 Å². The Morgan fingerprint density at radius 3 is 3.00 bits per heavy atom. The highest BCUT2D eigenvalue weighted by Gasteiger charge is 2.16. The second-order valence-electron chi connectivity index (χ2n) is 3.80. The minimum Gasteiger partial charge on any atom is -0.311 e. The molecule has 2 aromatic rings. The highest BCUT2D eigenvalue weighted by molar-refractivity contribution is 7.15. The molecule has 1 aliphatic heterocycles. The van der Waals surface area contributed by atoms with Crippen molar-refractivity contribution in [1.82, 2.24) is 10.3 Å². The molecule has 2 heterocycles. The molecule has 4 heteroatoms. The van der Waals surface area contributed by atoms with Crippen LogP contribution in [0.3, 0.4) is 0 Å². The zero-order chi connectivity index (χ0) is 11.0. The monoisotopic (exact) mass is 250 g/mol. The molecule has 3 rings (SSSR count). The number of hydrogen-bond donors (Lipinski definition) is 1. The van der Waals surface area contributed by atoms with Gasteiger partial charge in [-0.05, 0) is 12.5 Å². The van der Waals surface area contributed by atoms with Gasteiger partial charge in [0, 0.05) is 23.5 Å². The molecule has 0 amide bonds. The van der Waals surface area contributed by atoms with E-state index in [4.69, 9.17) is 11.6 Å². The predicted molar refractivity (Wildman–Crippen MR) is 68.0 cm³/mol. The van der Waals surface area contributed by atoms with E-state index >= 15 is 0 Å². The number of nitrogens with zero attached hydrogens (tertiary/aromatic N) is 1. The van der Waals surface area contributed by atoms with Crippen LogP contribution in [0.4, 0.5) is 0 Å². The number of rotatable bonds is 1. The van der Waals surface area contributed by atoms with Gasteiger partial charge in [0.15, 0.2) is 0 Å². The molecule has 0 unspecified atom stereocenters. The molecule has 0 aliphatic carbocycles. The Balaban J connectivity index is 2.07. The van der Waals surface area contributed by atoms with Crippen molar-refractivity contribution in [3.05, 3.63) is 39.9 Å². The van der Waals surface area contributed by atoms with Crippen molar-refractivity contribution in [2.24, 2.45) is 0 Å². The Morgan fingerprint density at radius 1 is 1.31 bits per heavy atom. The zero-order valence-electron chi connectivity index (χ0n) is 8.66. The molecular weight excluding hydrogens is 240 g/mol. The van der Waals surface area contributed by atoms with Crippen LogP contribution in [0, 0.1) is 0 Å². The Labute approximate surface area is 103 Å². The van der Waals surface area contributed by atoms with Gasteiger partial charge in [-0.3, -0.25) is 0 Å². The predicted octanol–water partition coefficient (Wildman–Crippen LogP) is 3.11. The fraction of sp³-hybridized carbons (Fsp3) is 0.250. The van der Waals surface area contributed by atoms with Gasteiger partial charge in [0.1, 0.15) is 5.01 Å². The first kappa shape index (κ1) is 10.3. The summed E-state index contributed by atoms with van der Waals surface area (Å²) in [7, 11) is 0. The van der Waals surface area contributed by atoms with Crippen molar-refractivity contribution in [1.29, 1.82) is 0 Å². The Hall–Kier alpha value is -0.900. The van der Waals surface area contributed by atoms with Crippen LogP contribution in [-0.4, -0.2) is 11.5 Å². The van der Waals surface area contributed by atoms with Crippen molar-refractivity contribution < 1.29 is 0 Å². The van der Waals surface area contributed by atoms with Crippen LogP contribution in [0.25, 0.3) is 10.6 Å². The quantitative estimate of drug-likeness (QED) is 0.841. The van der Waals surface area contributed by atoms with E-state index in [-0.39, 0.29) is 0 Å². The highest BCUT2D eigenvalue weighted by Crippen LogP contribution is 2.33. The number of nitrogens with one attached hydrogen (secondary N) is 1. The summed E-state index contributed by atoms with van der Waals surface area (Å²) in [6, 6.07) is 7.89. The summed E-state index contributed by atoms with van der Waals surface area (Å²) in [4.78, 5) is 6.05. The maximum atomic E-state index is 6.17. The average molecular weight is 251 g/mol. The second-order valence-corrected chi connectivity index (χ2v) is 5.29. The van der Waals surface area contributed by atoms with Gasteiger partial charge in [-0.1, -0.05) is 29.8 Å². The third-order valence-corrected chi connectivity index (χ3v) is 4.22. The summed E-state index contributed by atoms with van der Waals surface area (Å²) < 4.78 is 0. The third-order valence-electron chi connectivity index (χ3n) is 2.70. The van der Waals surface area contributed by atoms with Crippen molar-refractivity contribution in [2.45, 2.75) is 13.0 Å². The normalized spacial score (nSPS) is 14.8. The Kier molecular flexibility index (Phi) is 2.67. The molecule has 1 aromatic heterocycles. The number of hydrogen-bond acceptors (Lipinski definition) is 3. The summed E-state index contributed by atoms with van der Waals surface area (Å²) in [6.07, 6.45) is 1.08. The minimum absolute atomic E-state index is 0.779. The average Bonchev–Trinajstić information content (AvgIpc) is 2.73. The highest BCUT2D eigenvalue weighted by atomic mass is 35.5. The molecule has 82 valence electrons. The van der Waals surface area contributed by atoms with E-state index in [2.05, 4.69) is 10.3 Å². The summed E-state index contributed by atoms with van der Waals surface area (Å²) in [5.74, 6) is 0. The summed E-state index contributed by atoms with van der Waals surface area (Å²) in [6.45, 7) is 1.94. The number of aromatic nitrogens is 1. The first-order valence-corrected chi connectivity index (χ1v) is 6.48. The van der Waals surface area contributed by atoms with E-state index in [9.17, 15) is 0 Å². The van der Waals surface area contributed by atoms with Gasteiger partial charge < -0.3 is 5.32 Å². The number of halogens is 1. The van der Waals surface area contributed by atoms with E-state index in [1.54, 1.807) is 11.3 Å². The van der Waals surface area contributed by atoms with E-state index in [1.165, 1.54) is 10.6 Å². The second kappa shape index (κ2) is 4.17. The van der Waals surface area contributed by atoms with Crippen LogP contribution in [0.2, 0.25) is 5.02 Å². The number of thiazole rings is 1. The number of benzene rings is 1. The van der Waals surface area contributed by atoms with Crippen LogP contribution in [0.15, 0.2) is 24.3 Å². The van der Waals surface area contributed by atoms with Gasteiger partial charge in [-0.25, -0.2) is 4.98 Å². The zero-order valence-corrected chi connectivity index (χ0v) is 10.2. The SMILES string of the molecule is Clc1ccccc1-c1nc2c(s1)CCNC2. The van der Waals surface area contributed by atoms with Crippen molar-refractivity contribution >= 4 is 22.9 Å². The minimum atomic E-state index is 0.779. The van der Waals surface area contributed by atoms with E-state index in [0.29, 0.717) is 0 Å². The van der Waals surface area contributed by atoms with Gasteiger partial charge in [-0.15, -0.1) is 11.3 Å². The standard InChI is InChI=1S/C12H11ClN2S/c13-9-4-2-1-3-8(9)12-15-10-7-14-6-5-11(10)16-12/h1-4,14H,5-7H2. The molecule has 1 aliphatic rings. The lowest BCUT2D eigenvalue weighted by molar-refractivity contribution is 0.639. The van der Waals surface area contributed by atoms with E-state index in [1.807, 2.05) is 24.3 Å². The molecule has 0 atom stereocenters. The van der Waals surface area contributed by atoms with Gasteiger partial charge in [0.2, 0.25) is 0 Å². The first-order chi connectivity index (χ1) is 7.84. The largest absolute Gasteiger partial charge is 0.311 e. The van der Waals surface area contributed by atoms with Crippen molar-refractivity contribution in [2.75, 3.05) is 6.54 Å². The molecule has 0 spiro atoms. The Bertz CT molecular complexity index is 498. The molecule has 0 saturated heterocycles. The molecule has 2 nitrogen and oxygen atoms in total. The van der Waals surface area contributed by atoms with Gasteiger partial charge in [0.05, 0.1) is 10.7 Å². The topological polar surface area (TPSA) is 24.9 Å². The lowest BCUT2D eigenvalue weighted by Crippen LogP contribution is -2.22. The van der Waals surface area contributed by atoms with Gasteiger partial charge >= 0.3 is 0 Å².